The second kappa shape index (κ2) is 4.26. The molecule has 86 valence electrons. The molecule has 17 heavy (non-hydrogen) atoms. The number of fused-ring (bicyclic) bond motifs is 1. The molecule has 0 unspecified atom stereocenters. The van der Waals surface area contributed by atoms with Gasteiger partial charge in [-0.05, 0) is 23.8 Å². The minimum atomic E-state index is 0.755. The van der Waals surface area contributed by atoms with Crippen molar-refractivity contribution in [3.8, 4) is 0 Å². The van der Waals surface area contributed by atoms with Crippen molar-refractivity contribution in [1.29, 1.82) is 0 Å². The van der Waals surface area contributed by atoms with Crippen LogP contribution in [0.4, 0.5) is 5.82 Å². The highest BCUT2D eigenvalue weighted by atomic mass is 35.5. The maximum atomic E-state index is 5.98. The van der Waals surface area contributed by atoms with E-state index in [0.29, 0.717) is 0 Å². The molecule has 0 fully saturated rings. The standard InChI is InChI=1S/C13H12ClN3/c14-12-3-1-2-10(6-12)8-17-5-4-11-7-15-9-16-13(11)17/h1-6,9H,7-8H2,(H,15,16). The van der Waals surface area contributed by atoms with Crippen LogP contribution in [0.3, 0.4) is 0 Å². The normalized spacial score (nSPS) is 13.2. The molecule has 1 aromatic heterocycles. The molecule has 0 saturated heterocycles. The Labute approximate surface area is 105 Å². The van der Waals surface area contributed by atoms with Crippen LogP contribution in [0.25, 0.3) is 0 Å². The van der Waals surface area contributed by atoms with Gasteiger partial charge in [-0.2, -0.15) is 0 Å². The summed E-state index contributed by atoms with van der Waals surface area (Å²) in [5, 5.41) is 3.96. The first-order valence-corrected chi connectivity index (χ1v) is 5.88. The number of hydrogen-bond acceptors (Lipinski definition) is 2. The van der Waals surface area contributed by atoms with Crippen molar-refractivity contribution in [1.82, 2.24) is 4.57 Å². The quantitative estimate of drug-likeness (QED) is 0.865. The predicted octanol–water partition coefficient (Wildman–Crippen LogP) is 3.14. The SMILES string of the molecule is Clc1cccc(Cn2ccc3c2NC=NC3)c1. The molecule has 1 aromatic carbocycles. The molecular weight excluding hydrogens is 234 g/mol. The molecule has 3 nitrogen and oxygen atoms in total. The van der Waals surface area contributed by atoms with Gasteiger partial charge in [0.2, 0.25) is 0 Å². The zero-order chi connectivity index (χ0) is 11.7. The van der Waals surface area contributed by atoms with Crippen LogP contribution in [0.2, 0.25) is 5.02 Å². The van der Waals surface area contributed by atoms with Gasteiger partial charge >= 0.3 is 0 Å². The van der Waals surface area contributed by atoms with E-state index >= 15 is 0 Å². The van der Waals surface area contributed by atoms with E-state index in [1.807, 2.05) is 18.2 Å². The van der Waals surface area contributed by atoms with Crippen molar-refractivity contribution in [3.63, 3.8) is 0 Å². The fourth-order valence-electron chi connectivity index (χ4n) is 2.04. The summed E-state index contributed by atoms with van der Waals surface area (Å²) in [5.74, 6) is 1.12. The summed E-state index contributed by atoms with van der Waals surface area (Å²) in [6.07, 6.45) is 3.82. The van der Waals surface area contributed by atoms with Crippen LogP contribution in [-0.2, 0) is 13.1 Å². The van der Waals surface area contributed by atoms with E-state index in [1.54, 1.807) is 6.34 Å². The monoisotopic (exact) mass is 245 g/mol. The maximum absolute atomic E-state index is 5.98. The molecule has 0 saturated carbocycles. The van der Waals surface area contributed by atoms with Gasteiger partial charge in [0.05, 0.1) is 12.9 Å². The molecule has 0 atom stereocenters. The van der Waals surface area contributed by atoms with Crippen LogP contribution >= 0.6 is 11.6 Å². The Kier molecular flexibility index (Phi) is 2.61. The average molecular weight is 246 g/mol. The smallest absolute Gasteiger partial charge is 0.116 e. The number of benzene rings is 1. The summed E-state index contributed by atoms with van der Waals surface area (Å²) >= 11 is 5.98. The van der Waals surface area contributed by atoms with E-state index < -0.39 is 0 Å². The van der Waals surface area contributed by atoms with Crippen molar-refractivity contribution >= 4 is 23.8 Å². The molecule has 1 aliphatic heterocycles. The van der Waals surface area contributed by atoms with E-state index in [9.17, 15) is 0 Å². The van der Waals surface area contributed by atoms with Gasteiger partial charge in [0.1, 0.15) is 5.82 Å². The highest BCUT2D eigenvalue weighted by Crippen LogP contribution is 2.22. The third-order valence-electron chi connectivity index (χ3n) is 2.84. The number of rotatable bonds is 2. The van der Waals surface area contributed by atoms with Crippen molar-refractivity contribution < 1.29 is 0 Å². The molecular formula is C13H12ClN3. The molecule has 1 N–H and O–H groups in total. The average Bonchev–Trinajstić information content (AvgIpc) is 2.73. The molecule has 4 heteroatoms. The van der Waals surface area contributed by atoms with E-state index in [1.165, 1.54) is 11.1 Å². The highest BCUT2D eigenvalue weighted by molar-refractivity contribution is 6.30. The Morgan fingerprint density at radius 3 is 3.18 bits per heavy atom. The van der Waals surface area contributed by atoms with Gasteiger partial charge in [0.15, 0.2) is 0 Å². The lowest BCUT2D eigenvalue weighted by Crippen LogP contribution is -2.10. The fraction of sp³-hybridized carbons (Fsp3) is 0.154. The lowest BCUT2D eigenvalue weighted by molar-refractivity contribution is 0.810. The second-order valence-electron chi connectivity index (χ2n) is 4.06. The zero-order valence-electron chi connectivity index (χ0n) is 9.23. The van der Waals surface area contributed by atoms with Gasteiger partial charge in [-0.25, -0.2) is 0 Å². The summed E-state index contributed by atoms with van der Waals surface area (Å²) < 4.78 is 2.17. The largest absolute Gasteiger partial charge is 0.333 e. The summed E-state index contributed by atoms with van der Waals surface area (Å²) in [6.45, 7) is 1.57. The Morgan fingerprint density at radius 2 is 2.29 bits per heavy atom. The van der Waals surface area contributed by atoms with E-state index in [4.69, 9.17) is 11.6 Å². The summed E-state index contributed by atoms with van der Waals surface area (Å²) in [7, 11) is 0. The van der Waals surface area contributed by atoms with Crippen molar-refractivity contribution in [2.45, 2.75) is 13.1 Å². The first-order chi connectivity index (χ1) is 8.33. The predicted molar refractivity (Wildman–Crippen MR) is 70.8 cm³/mol. The summed E-state index contributed by atoms with van der Waals surface area (Å²) in [5.41, 5.74) is 2.43. The summed E-state index contributed by atoms with van der Waals surface area (Å²) in [6, 6.07) is 10.0. The second-order valence-corrected chi connectivity index (χ2v) is 4.50. The van der Waals surface area contributed by atoms with Gasteiger partial charge in [0.25, 0.3) is 0 Å². The molecule has 0 spiro atoms. The molecule has 2 aromatic rings. The van der Waals surface area contributed by atoms with Crippen LogP contribution in [-0.4, -0.2) is 10.9 Å². The Morgan fingerprint density at radius 1 is 1.35 bits per heavy atom. The number of aliphatic imine (C=N–C) groups is 1. The van der Waals surface area contributed by atoms with E-state index in [0.717, 1.165) is 23.9 Å². The third kappa shape index (κ3) is 2.06. The van der Waals surface area contributed by atoms with E-state index in [-0.39, 0.29) is 0 Å². The lowest BCUT2D eigenvalue weighted by atomic mass is 10.2. The van der Waals surface area contributed by atoms with Crippen LogP contribution < -0.4 is 5.32 Å². The van der Waals surface area contributed by atoms with Gasteiger partial charge in [-0.15, -0.1) is 0 Å². The molecule has 2 heterocycles. The summed E-state index contributed by atoms with van der Waals surface area (Å²) in [4.78, 5) is 4.18. The number of nitrogens with zero attached hydrogens (tertiary/aromatic N) is 2. The fourth-order valence-corrected chi connectivity index (χ4v) is 2.25. The molecule has 0 aliphatic carbocycles. The van der Waals surface area contributed by atoms with Gasteiger partial charge in [-0.1, -0.05) is 23.7 Å². The molecule has 1 aliphatic rings. The van der Waals surface area contributed by atoms with Crippen molar-refractivity contribution in [2.24, 2.45) is 4.99 Å². The minimum Gasteiger partial charge on any atom is -0.333 e. The maximum Gasteiger partial charge on any atom is 0.116 e. The first-order valence-electron chi connectivity index (χ1n) is 5.50. The van der Waals surface area contributed by atoms with Crippen molar-refractivity contribution in [2.75, 3.05) is 5.32 Å². The Bertz CT molecular complexity index is 572. The highest BCUT2D eigenvalue weighted by Gasteiger charge is 2.10. The lowest BCUT2D eigenvalue weighted by Gasteiger charge is -2.13. The van der Waals surface area contributed by atoms with E-state index in [2.05, 4.69) is 33.2 Å². The molecule has 0 bridgehead atoms. The first kappa shape index (κ1) is 10.4. The number of hydrogen-bond donors (Lipinski definition) is 1. The molecule has 3 rings (SSSR count). The van der Waals surface area contributed by atoms with Gasteiger partial charge in [0, 0.05) is 23.3 Å². The number of anilines is 1. The van der Waals surface area contributed by atoms with Crippen LogP contribution in [0, 0.1) is 0 Å². The van der Waals surface area contributed by atoms with Crippen LogP contribution in [0.1, 0.15) is 11.1 Å². The third-order valence-corrected chi connectivity index (χ3v) is 3.08. The number of nitrogens with one attached hydrogen (secondary N) is 1. The zero-order valence-corrected chi connectivity index (χ0v) is 9.98. The topological polar surface area (TPSA) is 29.3 Å². The van der Waals surface area contributed by atoms with Gasteiger partial charge < -0.3 is 9.88 Å². The molecule has 0 radical (unpaired) electrons. The van der Waals surface area contributed by atoms with Crippen LogP contribution in [0.15, 0.2) is 41.5 Å². The Hall–Kier alpha value is -1.74. The van der Waals surface area contributed by atoms with Crippen LogP contribution in [0.5, 0.6) is 0 Å². The Balaban J connectivity index is 1.89. The van der Waals surface area contributed by atoms with Gasteiger partial charge in [-0.3, -0.25) is 4.99 Å². The minimum absolute atomic E-state index is 0.755. The number of halogens is 1. The number of aromatic nitrogens is 1. The molecule has 0 amide bonds. The van der Waals surface area contributed by atoms with Crippen molar-refractivity contribution in [3.05, 3.63) is 52.7 Å².